The Morgan fingerprint density at radius 2 is 1.38 bits per heavy atom. The van der Waals surface area contributed by atoms with Crippen molar-refractivity contribution >= 4 is 5.97 Å². The van der Waals surface area contributed by atoms with Crippen LogP contribution in [0, 0.1) is 70.0 Å². The summed E-state index contributed by atoms with van der Waals surface area (Å²) in [7, 11) is 1.28. The van der Waals surface area contributed by atoms with Crippen molar-refractivity contribution in [3.8, 4) is 35.4 Å². The Bertz CT molecular complexity index is 1590. The van der Waals surface area contributed by atoms with Crippen LogP contribution in [0.4, 0.5) is 0 Å². The molecule has 0 aromatic heterocycles. The molecule has 2 unspecified atom stereocenters. The van der Waals surface area contributed by atoms with E-state index in [0.717, 1.165) is 27.8 Å². The van der Waals surface area contributed by atoms with Crippen LogP contribution in [0.15, 0.2) is 60.7 Å². The van der Waals surface area contributed by atoms with Crippen molar-refractivity contribution in [1.29, 1.82) is 21.0 Å². The lowest BCUT2D eigenvalue weighted by molar-refractivity contribution is 0.0600. The van der Waals surface area contributed by atoms with Gasteiger partial charge in [0.2, 0.25) is 0 Å². The molecule has 0 N–H and O–H groups in total. The van der Waals surface area contributed by atoms with Gasteiger partial charge in [-0.3, -0.25) is 0 Å². The number of hydrogen-bond acceptors (Lipinski definition) is 6. The molecule has 2 atom stereocenters. The Morgan fingerprint density at radius 1 is 0.821 bits per heavy atom. The minimum absolute atomic E-state index is 0.306. The number of esters is 1. The summed E-state index contributed by atoms with van der Waals surface area (Å²) >= 11 is 0. The molecular weight excluding hydrogens is 484 g/mol. The van der Waals surface area contributed by atoms with E-state index in [2.05, 4.69) is 50.3 Å². The van der Waals surface area contributed by atoms with Gasteiger partial charge in [-0.2, -0.15) is 21.0 Å². The highest BCUT2D eigenvalue weighted by Crippen LogP contribution is 2.61. The van der Waals surface area contributed by atoms with Crippen LogP contribution in [0.1, 0.15) is 69.8 Å². The molecule has 0 amide bonds. The monoisotopic (exact) mass is 512 g/mol. The first-order valence-corrected chi connectivity index (χ1v) is 12.7. The van der Waals surface area contributed by atoms with Crippen molar-refractivity contribution in [3.63, 3.8) is 0 Å². The largest absolute Gasteiger partial charge is 0.465 e. The smallest absolute Gasteiger partial charge is 0.337 e. The second kappa shape index (κ2) is 10.1. The van der Waals surface area contributed by atoms with Crippen molar-refractivity contribution in [2.24, 2.45) is 10.8 Å². The van der Waals surface area contributed by atoms with Crippen LogP contribution >= 0.6 is 0 Å². The zero-order valence-electron chi connectivity index (χ0n) is 22.6. The van der Waals surface area contributed by atoms with Crippen LogP contribution in [0.3, 0.4) is 0 Å². The second-order valence-corrected chi connectivity index (χ2v) is 10.4. The quantitative estimate of drug-likeness (QED) is 0.279. The molecule has 0 radical (unpaired) electrons. The van der Waals surface area contributed by atoms with Crippen molar-refractivity contribution in [1.82, 2.24) is 0 Å². The molecule has 0 fully saturated rings. The van der Waals surface area contributed by atoms with Crippen LogP contribution in [0.2, 0.25) is 0 Å². The van der Waals surface area contributed by atoms with Crippen LogP contribution in [-0.2, 0) is 4.74 Å². The summed E-state index contributed by atoms with van der Waals surface area (Å²) in [5, 5.41) is 42.3. The molecular formula is C33H28N4O2. The number of benzene rings is 1. The predicted molar refractivity (Wildman–Crippen MR) is 146 cm³/mol. The first kappa shape index (κ1) is 27.1. The fraction of sp³-hybridized carbons (Fsp3) is 0.303. The summed E-state index contributed by atoms with van der Waals surface area (Å²) in [6.07, 6.45) is 3.55. The molecule has 3 aliphatic rings. The molecule has 0 aliphatic heterocycles. The van der Waals surface area contributed by atoms with Gasteiger partial charge in [0.15, 0.2) is 10.8 Å². The number of methoxy groups -OCH3 is 1. The van der Waals surface area contributed by atoms with Gasteiger partial charge in [0.25, 0.3) is 0 Å². The van der Waals surface area contributed by atoms with Gasteiger partial charge >= 0.3 is 5.97 Å². The highest BCUT2D eigenvalue weighted by molar-refractivity contribution is 5.89. The Hall–Kier alpha value is -4.91. The van der Waals surface area contributed by atoms with Crippen LogP contribution in [0.5, 0.6) is 0 Å². The average Bonchev–Trinajstić information content (AvgIpc) is 3.16. The zero-order chi connectivity index (χ0) is 28.5. The third kappa shape index (κ3) is 3.94. The first-order valence-electron chi connectivity index (χ1n) is 12.7. The summed E-state index contributed by atoms with van der Waals surface area (Å²) in [5.41, 5.74) is 2.68. The van der Waals surface area contributed by atoms with E-state index in [4.69, 9.17) is 4.74 Å². The van der Waals surface area contributed by atoms with Gasteiger partial charge in [-0.15, -0.1) is 0 Å². The number of rotatable bonds is 4. The Kier molecular flexibility index (Phi) is 7.03. The molecule has 0 saturated heterocycles. The maximum absolute atomic E-state index is 11.9. The fourth-order valence-corrected chi connectivity index (χ4v) is 5.81. The molecule has 192 valence electrons. The maximum Gasteiger partial charge on any atom is 0.337 e. The first-order chi connectivity index (χ1) is 18.6. The summed E-state index contributed by atoms with van der Waals surface area (Å²) in [4.78, 5) is 11.9. The second-order valence-electron chi connectivity index (χ2n) is 10.4. The Morgan fingerprint density at radius 3 is 1.92 bits per heavy atom. The number of allylic oxidation sites excluding steroid dienone is 2. The molecule has 3 aliphatic carbocycles. The lowest BCUT2D eigenvalue weighted by Gasteiger charge is -2.43. The Balaban J connectivity index is 1.98. The number of carbonyl (C=O) groups excluding carboxylic acids is 1. The van der Waals surface area contributed by atoms with Gasteiger partial charge in [0.1, 0.15) is 0 Å². The molecule has 0 saturated carbocycles. The summed E-state index contributed by atoms with van der Waals surface area (Å²) < 4.78 is 4.77. The number of nitrogens with zero attached hydrogens (tertiary/aromatic N) is 4. The molecule has 4 rings (SSSR count). The average molecular weight is 513 g/mol. The minimum atomic E-state index is -2.02. The van der Waals surface area contributed by atoms with Crippen molar-refractivity contribution < 1.29 is 9.53 Å². The van der Waals surface area contributed by atoms with Crippen LogP contribution < -0.4 is 0 Å². The van der Waals surface area contributed by atoms with Gasteiger partial charge < -0.3 is 4.74 Å². The van der Waals surface area contributed by atoms with Gasteiger partial charge in [-0.05, 0) is 70.8 Å². The van der Waals surface area contributed by atoms with E-state index in [9.17, 15) is 25.8 Å². The molecule has 1 aromatic carbocycles. The van der Waals surface area contributed by atoms with E-state index in [0.29, 0.717) is 17.0 Å². The molecule has 1 aromatic rings. The van der Waals surface area contributed by atoms with E-state index in [1.54, 1.807) is 36.4 Å². The lowest BCUT2D eigenvalue weighted by Crippen LogP contribution is -2.48. The minimum Gasteiger partial charge on any atom is -0.465 e. The number of aryl methyl sites for hydroxylation is 2. The van der Waals surface area contributed by atoms with E-state index in [1.807, 2.05) is 26.0 Å². The highest BCUT2D eigenvalue weighted by Gasteiger charge is 2.64. The third-order valence-corrected chi connectivity index (χ3v) is 8.04. The fourth-order valence-electron chi connectivity index (χ4n) is 5.81. The molecule has 6 nitrogen and oxygen atoms in total. The number of ether oxygens (including phenoxy) is 1. The molecule has 0 spiro atoms. The standard InChI is InChI=1S/C33H28N4O2/c1-20(2)25-7-6-21(3)30-26(15-25)22(4)14-27(30)29-13-12-28(23-8-10-24(11-9-23)31(38)39-5)32(16-34,17-35)33(29,18-36)19-37/h6-15,20,28-29H,1-5H3. The van der Waals surface area contributed by atoms with Crippen molar-refractivity contribution in [3.05, 3.63) is 94.1 Å². The zero-order valence-corrected chi connectivity index (χ0v) is 22.6. The van der Waals surface area contributed by atoms with Crippen molar-refractivity contribution in [2.45, 2.75) is 45.4 Å². The summed E-state index contributed by atoms with van der Waals surface area (Å²) in [6, 6.07) is 23.1. The van der Waals surface area contributed by atoms with Gasteiger partial charge in [0, 0.05) is 11.8 Å². The lowest BCUT2D eigenvalue weighted by atomic mass is 9.50. The topological polar surface area (TPSA) is 121 Å². The maximum atomic E-state index is 11.9. The Labute approximate surface area is 229 Å². The highest BCUT2D eigenvalue weighted by atomic mass is 16.5. The summed E-state index contributed by atoms with van der Waals surface area (Å²) in [5.74, 6) is -1.90. The SMILES string of the molecule is COC(=O)c1ccc(C2C=CC(c3cc(C)c4cc(C(C)C)ccc(C)c3-4)C(C#N)(C#N)C2(C#N)C#N)cc1. The van der Waals surface area contributed by atoms with Crippen LogP contribution in [0.25, 0.3) is 11.1 Å². The van der Waals surface area contributed by atoms with Gasteiger partial charge in [0.05, 0.1) is 37.0 Å². The molecule has 0 heterocycles. The molecule has 39 heavy (non-hydrogen) atoms. The van der Waals surface area contributed by atoms with E-state index >= 15 is 0 Å². The third-order valence-electron chi connectivity index (χ3n) is 8.04. The van der Waals surface area contributed by atoms with E-state index < -0.39 is 28.6 Å². The predicted octanol–water partition coefficient (Wildman–Crippen LogP) is 6.82. The summed E-state index contributed by atoms with van der Waals surface area (Å²) in [6.45, 7) is 8.25. The molecule has 6 heteroatoms. The number of carbonyl (C=O) groups is 1. The van der Waals surface area contributed by atoms with Gasteiger partial charge in [-0.1, -0.05) is 62.4 Å². The van der Waals surface area contributed by atoms with Crippen molar-refractivity contribution in [2.75, 3.05) is 7.11 Å². The molecule has 0 bridgehead atoms. The van der Waals surface area contributed by atoms with E-state index in [1.165, 1.54) is 12.7 Å². The number of fused-ring (bicyclic) bond motifs is 1. The number of nitriles is 4. The van der Waals surface area contributed by atoms with E-state index in [-0.39, 0.29) is 0 Å². The number of hydrogen-bond donors (Lipinski definition) is 0. The van der Waals surface area contributed by atoms with Gasteiger partial charge in [-0.25, -0.2) is 4.79 Å². The van der Waals surface area contributed by atoms with Crippen LogP contribution in [-0.4, -0.2) is 13.1 Å². The normalized spacial score (nSPS) is 18.9.